The van der Waals surface area contributed by atoms with Crippen molar-refractivity contribution < 1.29 is 47.7 Å². The SMILES string of the molecule is CC(C)CN(Cc1ccc(-c2cnc(N(C(=O)OC(C)(C)C)C(=O)OC(C)(C)C)c(N(Cc3c(Cl)cccc3Cl)C(=O)OC(C)(C)C)n2)cc1)C1CCN(C(=O)OC(C)(C)C)[C@@H](C(=O)OC2CCCC2)C1. The topological polar surface area (TPSA) is 170 Å². The number of nitrogens with zero attached hydrogens (tertiary/aromatic N) is 6. The van der Waals surface area contributed by atoms with Crippen LogP contribution in [0.25, 0.3) is 11.3 Å². The minimum absolute atomic E-state index is 0.0544. The fourth-order valence-electron chi connectivity index (χ4n) is 8.22. The third-order valence-corrected chi connectivity index (χ3v) is 11.9. The molecule has 1 unspecified atom stereocenters. The highest BCUT2D eigenvalue weighted by molar-refractivity contribution is 6.36. The molecule has 71 heavy (non-hydrogen) atoms. The monoisotopic (exact) mass is 1020 g/mol. The van der Waals surface area contributed by atoms with Crippen LogP contribution >= 0.6 is 23.2 Å². The Kier molecular flexibility index (Phi) is 18.5. The molecule has 0 radical (unpaired) electrons. The molecule has 0 spiro atoms. The number of aromatic nitrogens is 2. The molecule has 2 fully saturated rings. The molecule has 2 atom stereocenters. The maximum atomic E-state index is 14.4. The first-order chi connectivity index (χ1) is 32.9. The molecule has 1 saturated carbocycles. The lowest BCUT2D eigenvalue weighted by molar-refractivity contribution is -0.157. The van der Waals surface area contributed by atoms with Crippen LogP contribution < -0.4 is 9.80 Å². The number of likely N-dealkylation sites (tertiary alicyclic amines) is 1. The van der Waals surface area contributed by atoms with Crippen LogP contribution in [-0.4, -0.2) is 104 Å². The molecule has 0 N–H and O–H groups in total. The van der Waals surface area contributed by atoms with Gasteiger partial charge in [-0.25, -0.2) is 33.9 Å². The first-order valence-electron chi connectivity index (χ1n) is 24.5. The van der Waals surface area contributed by atoms with E-state index in [2.05, 4.69) is 23.7 Å². The van der Waals surface area contributed by atoms with E-state index in [0.29, 0.717) is 42.0 Å². The molecule has 4 amide bonds. The van der Waals surface area contributed by atoms with E-state index in [9.17, 15) is 24.0 Å². The maximum absolute atomic E-state index is 14.4. The van der Waals surface area contributed by atoms with Gasteiger partial charge in [-0.2, -0.15) is 4.90 Å². The molecule has 3 aromatic rings. The van der Waals surface area contributed by atoms with Gasteiger partial charge >= 0.3 is 30.3 Å². The second-order valence-corrected chi connectivity index (χ2v) is 23.5. The molecule has 2 aromatic carbocycles. The van der Waals surface area contributed by atoms with Crippen LogP contribution in [0.5, 0.6) is 0 Å². The largest absolute Gasteiger partial charge is 0.461 e. The first-order valence-corrected chi connectivity index (χ1v) is 25.2. The van der Waals surface area contributed by atoms with Crippen LogP contribution in [0.1, 0.15) is 147 Å². The van der Waals surface area contributed by atoms with Gasteiger partial charge in [0.25, 0.3) is 0 Å². The lowest BCUT2D eigenvalue weighted by Gasteiger charge is -2.43. The summed E-state index contributed by atoms with van der Waals surface area (Å²) in [6.45, 7) is 25.9. The number of rotatable bonds is 12. The molecular weight excluding hydrogens is 952 g/mol. The minimum atomic E-state index is -1.13. The predicted molar refractivity (Wildman–Crippen MR) is 275 cm³/mol. The van der Waals surface area contributed by atoms with E-state index >= 15 is 0 Å². The van der Waals surface area contributed by atoms with Crippen LogP contribution in [0, 0.1) is 5.92 Å². The third-order valence-electron chi connectivity index (χ3n) is 11.2. The van der Waals surface area contributed by atoms with Gasteiger partial charge in [0, 0.05) is 46.8 Å². The Morgan fingerprint density at radius 1 is 0.704 bits per heavy atom. The van der Waals surface area contributed by atoms with Crippen molar-refractivity contribution in [2.45, 2.75) is 189 Å². The summed E-state index contributed by atoms with van der Waals surface area (Å²) in [6, 6.07) is 11.7. The first kappa shape index (κ1) is 56.7. The van der Waals surface area contributed by atoms with Crippen molar-refractivity contribution >= 4 is 65.2 Å². The van der Waals surface area contributed by atoms with E-state index < -0.39 is 58.8 Å². The van der Waals surface area contributed by atoms with Gasteiger partial charge in [-0.1, -0.05) is 67.4 Å². The van der Waals surface area contributed by atoms with Crippen LogP contribution in [0.3, 0.4) is 0 Å². The molecule has 1 saturated heterocycles. The minimum Gasteiger partial charge on any atom is -0.461 e. The summed E-state index contributed by atoms with van der Waals surface area (Å²) in [7, 11) is 0. The smallest absolute Gasteiger partial charge is 0.425 e. The molecule has 16 nitrogen and oxygen atoms in total. The Morgan fingerprint density at radius 3 is 1.76 bits per heavy atom. The summed E-state index contributed by atoms with van der Waals surface area (Å²) in [5.41, 5.74) is -1.70. The maximum Gasteiger partial charge on any atom is 0.425 e. The second-order valence-electron chi connectivity index (χ2n) is 22.7. The highest BCUT2D eigenvalue weighted by atomic mass is 35.5. The number of amides is 4. The molecule has 1 aromatic heterocycles. The van der Waals surface area contributed by atoms with Gasteiger partial charge in [-0.3, -0.25) is 14.7 Å². The van der Waals surface area contributed by atoms with Gasteiger partial charge in [0.2, 0.25) is 0 Å². The Morgan fingerprint density at radius 2 is 1.24 bits per heavy atom. The van der Waals surface area contributed by atoms with E-state index in [1.807, 2.05) is 45.0 Å². The fraction of sp³-hybridized carbons (Fsp3) is 0.604. The number of anilines is 2. The highest BCUT2D eigenvalue weighted by Crippen LogP contribution is 2.36. The van der Waals surface area contributed by atoms with E-state index in [4.69, 9.17) is 51.9 Å². The molecule has 18 heteroatoms. The molecule has 1 aliphatic heterocycles. The van der Waals surface area contributed by atoms with E-state index in [-0.39, 0.29) is 52.0 Å². The molecule has 5 rings (SSSR count). The zero-order valence-corrected chi connectivity index (χ0v) is 45.5. The fourth-order valence-corrected chi connectivity index (χ4v) is 8.73. The number of carbonyl (C=O) groups excluding carboxylic acids is 5. The molecule has 1 aliphatic carbocycles. The molecular formula is C53H74Cl2N6O10. The Labute approximate surface area is 429 Å². The van der Waals surface area contributed by atoms with E-state index in [1.165, 1.54) is 11.1 Å². The number of ether oxygens (including phenoxy) is 5. The average Bonchev–Trinajstić information content (AvgIpc) is 3.74. The molecule has 390 valence electrons. The van der Waals surface area contributed by atoms with Crippen LogP contribution in [-0.2, 0) is 41.6 Å². The van der Waals surface area contributed by atoms with E-state index in [1.54, 1.807) is 80.5 Å². The van der Waals surface area contributed by atoms with Crippen molar-refractivity contribution in [3.63, 3.8) is 0 Å². The standard InChI is InChI=1S/C53H74Cl2N6O10/c1-33(2)30-58(36-26-27-59(46(63)68-50(3,4)5)42(28-36)45(62)67-37-18-15-16-19-37)31-34-22-24-35(25-23-34)41-29-56-43(61(48(65)70-52(9,10)11)49(66)71-53(12,13)14)44(57-41)60(47(64)69-51(6,7)8)32-38-39(54)20-17-21-40(38)55/h17,20-25,29,33,36-37,42H,15-16,18-19,26-28,30-32H2,1-14H3/t36?,42-/m1/s1. The Balaban J connectivity index is 1.57. The lowest BCUT2D eigenvalue weighted by Crippen LogP contribution is -2.56. The third kappa shape index (κ3) is 16.7. The number of benzene rings is 2. The van der Waals surface area contributed by atoms with Crippen molar-refractivity contribution in [2.24, 2.45) is 5.92 Å². The van der Waals surface area contributed by atoms with Gasteiger partial charge in [-0.05, 0) is 145 Å². The van der Waals surface area contributed by atoms with Crippen molar-refractivity contribution in [1.29, 1.82) is 0 Å². The zero-order chi connectivity index (χ0) is 52.8. The summed E-state index contributed by atoms with van der Waals surface area (Å²) >= 11 is 13.4. The number of imide groups is 1. The van der Waals surface area contributed by atoms with Gasteiger partial charge in [0.05, 0.1) is 18.4 Å². The quantitative estimate of drug-likeness (QED) is 0.124. The number of halogens is 2. The summed E-state index contributed by atoms with van der Waals surface area (Å²) in [5, 5.41) is 0.478. The number of esters is 1. The summed E-state index contributed by atoms with van der Waals surface area (Å²) < 4.78 is 29.1. The molecule has 2 aliphatic rings. The Bertz CT molecular complexity index is 2320. The summed E-state index contributed by atoms with van der Waals surface area (Å²) in [6.07, 6.45) is 2.21. The summed E-state index contributed by atoms with van der Waals surface area (Å²) in [4.78, 5) is 85.3. The number of piperidine rings is 1. The number of carbonyl (C=O) groups is 5. The van der Waals surface area contributed by atoms with Crippen LogP contribution in [0.4, 0.5) is 30.8 Å². The van der Waals surface area contributed by atoms with E-state index in [0.717, 1.165) is 42.7 Å². The normalized spacial score (nSPS) is 17.0. The number of hydrogen-bond donors (Lipinski definition) is 0. The Hall–Kier alpha value is -5.19. The highest BCUT2D eigenvalue weighted by Gasteiger charge is 2.43. The van der Waals surface area contributed by atoms with Gasteiger partial charge in [0.15, 0.2) is 11.6 Å². The second kappa shape index (κ2) is 23.1. The van der Waals surface area contributed by atoms with Crippen molar-refractivity contribution in [1.82, 2.24) is 19.8 Å². The zero-order valence-electron chi connectivity index (χ0n) is 44.0. The van der Waals surface area contributed by atoms with Crippen molar-refractivity contribution in [2.75, 3.05) is 22.9 Å². The lowest BCUT2D eigenvalue weighted by atomic mass is 9.94. The van der Waals surface area contributed by atoms with Crippen LogP contribution in [0.15, 0.2) is 48.7 Å². The number of hydrogen-bond acceptors (Lipinski definition) is 13. The van der Waals surface area contributed by atoms with Crippen molar-refractivity contribution in [3.8, 4) is 11.3 Å². The predicted octanol–water partition coefficient (Wildman–Crippen LogP) is 12.8. The van der Waals surface area contributed by atoms with Crippen LogP contribution in [0.2, 0.25) is 10.0 Å². The molecule has 2 heterocycles. The summed E-state index contributed by atoms with van der Waals surface area (Å²) in [5.74, 6) is -0.747. The van der Waals surface area contributed by atoms with Gasteiger partial charge in [-0.15, -0.1) is 0 Å². The van der Waals surface area contributed by atoms with Crippen molar-refractivity contribution in [3.05, 3.63) is 69.8 Å². The van der Waals surface area contributed by atoms with Gasteiger partial charge in [0.1, 0.15) is 34.6 Å². The average molecular weight is 1030 g/mol. The van der Waals surface area contributed by atoms with Gasteiger partial charge < -0.3 is 23.7 Å². The molecule has 0 bridgehead atoms.